The van der Waals surface area contributed by atoms with Crippen molar-refractivity contribution in [2.45, 2.75) is 34.6 Å². The van der Waals surface area contributed by atoms with E-state index >= 15 is 0 Å². The number of pyridine rings is 1. The molecule has 0 spiro atoms. The van der Waals surface area contributed by atoms with Gasteiger partial charge in [-0.1, -0.05) is 90.5 Å². The molecule has 4 heterocycles. The Hall–Kier alpha value is -7.24. The quantitative estimate of drug-likeness (QED) is 0.191. The Morgan fingerprint density at radius 3 is 2.09 bits per heavy atom. The van der Waals surface area contributed by atoms with Gasteiger partial charge in [-0.05, 0) is 134 Å². The Morgan fingerprint density at radius 2 is 1.24 bits per heavy atom. The lowest BCUT2D eigenvalue weighted by molar-refractivity contribution is 1.07. The van der Waals surface area contributed by atoms with Crippen LogP contribution in [0.3, 0.4) is 0 Å². The normalized spacial score (nSPS) is 11.9. The molecule has 0 fully saturated rings. The van der Waals surface area contributed by atoms with Crippen LogP contribution in [0.4, 0.5) is 0 Å². The number of aromatic amines is 1. The number of nitrogens with zero attached hydrogens (tertiary/aromatic N) is 4. The van der Waals surface area contributed by atoms with Crippen molar-refractivity contribution in [3.05, 3.63) is 180 Å². The van der Waals surface area contributed by atoms with E-state index in [1.165, 1.54) is 60.5 Å². The van der Waals surface area contributed by atoms with Crippen LogP contribution in [-0.2, 0) is 0 Å². The summed E-state index contributed by atoms with van der Waals surface area (Å²) in [6.45, 7) is 10.9. The standard InChI is InChI=1S/C53H41N5/c1-31-11-8-12-38(27-31)57-47-18-10-14-39(52(47)56-53(57)43-16-9-15-42-40-13-6-7-17-45(40)55-51(42)43)36-19-21-41-44-29-37(50-34(4)25-33(3)26-35(50)5)20-22-46(44)58(48(41)30-36)49-28-32(2)23-24-54-49/h6-30,55H,1-5H3. The molecule has 0 saturated carbocycles. The Kier molecular flexibility index (Phi) is 7.57. The molecule has 7 aromatic carbocycles. The van der Waals surface area contributed by atoms with Crippen molar-refractivity contribution in [1.82, 2.24) is 24.1 Å². The minimum absolute atomic E-state index is 0.901. The minimum Gasteiger partial charge on any atom is -0.354 e. The number of benzene rings is 7. The average Bonchev–Trinajstić information content (AvgIpc) is 3.90. The SMILES string of the molecule is Cc1cccc(-n2c(-c3cccc4c3[nH]c3ccccc34)nc3c(-c4ccc5c6cc(-c7c(C)cc(C)cc7C)ccc6n(-c6cc(C)ccn6)c5c4)cccc32)c1. The van der Waals surface area contributed by atoms with Gasteiger partial charge in [0.15, 0.2) is 0 Å². The van der Waals surface area contributed by atoms with Crippen LogP contribution in [0.2, 0.25) is 0 Å². The van der Waals surface area contributed by atoms with E-state index in [2.05, 4.69) is 194 Å². The Labute approximate surface area is 336 Å². The van der Waals surface area contributed by atoms with Gasteiger partial charge >= 0.3 is 0 Å². The van der Waals surface area contributed by atoms with Crippen LogP contribution in [0, 0.1) is 34.6 Å². The highest BCUT2D eigenvalue weighted by atomic mass is 15.1. The highest BCUT2D eigenvalue weighted by Gasteiger charge is 2.22. The number of rotatable bonds is 5. The lowest BCUT2D eigenvalue weighted by Gasteiger charge is -2.12. The summed E-state index contributed by atoms with van der Waals surface area (Å²) < 4.78 is 4.65. The Morgan fingerprint density at radius 1 is 0.483 bits per heavy atom. The van der Waals surface area contributed by atoms with E-state index in [0.29, 0.717) is 0 Å². The number of imidazole rings is 1. The molecular weight excluding hydrogens is 707 g/mol. The molecule has 58 heavy (non-hydrogen) atoms. The molecule has 0 unspecified atom stereocenters. The summed E-state index contributed by atoms with van der Waals surface area (Å²) >= 11 is 0. The van der Waals surface area contributed by atoms with Gasteiger partial charge in [0.2, 0.25) is 0 Å². The van der Waals surface area contributed by atoms with Crippen molar-refractivity contribution in [2.24, 2.45) is 0 Å². The maximum Gasteiger partial charge on any atom is 0.147 e. The molecule has 5 heteroatoms. The fraction of sp³-hybridized carbons (Fsp3) is 0.0943. The minimum atomic E-state index is 0.901. The second-order valence-electron chi connectivity index (χ2n) is 15.9. The topological polar surface area (TPSA) is 51.4 Å². The van der Waals surface area contributed by atoms with Crippen molar-refractivity contribution in [1.29, 1.82) is 0 Å². The van der Waals surface area contributed by atoms with Crippen LogP contribution in [0.5, 0.6) is 0 Å². The van der Waals surface area contributed by atoms with Gasteiger partial charge in [0.25, 0.3) is 0 Å². The van der Waals surface area contributed by atoms with Gasteiger partial charge in [-0.2, -0.15) is 0 Å². The van der Waals surface area contributed by atoms with E-state index < -0.39 is 0 Å². The van der Waals surface area contributed by atoms with Crippen LogP contribution < -0.4 is 0 Å². The number of fused-ring (bicyclic) bond motifs is 7. The molecule has 0 radical (unpaired) electrons. The summed E-state index contributed by atoms with van der Waals surface area (Å²) in [5.41, 5.74) is 19.5. The van der Waals surface area contributed by atoms with E-state index in [0.717, 1.165) is 67.1 Å². The van der Waals surface area contributed by atoms with Crippen molar-refractivity contribution in [3.8, 4) is 45.1 Å². The first-order valence-corrected chi connectivity index (χ1v) is 20.0. The molecule has 11 rings (SSSR count). The molecule has 1 N–H and O–H groups in total. The highest BCUT2D eigenvalue weighted by Crippen LogP contribution is 2.41. The number of hydrogen-bond donors (Lipinski definition) is 1. The monoisotopic (exact) mass is 747 g/mol. The number of hydrogen-bond acceptors (Lipinski definition) is 2. The number of para-hydroxylation sites is 3. The molecule has 4 aromatic heterocycles. The Balaban J connectivity index is 1.17. The zero-order valence-electron chi connectivity index (χ0n) is 33.2. The molecule has 0 saturated heterocycles. The molecule has 278 valence electrons. The third-order valence-corrected chi connectivity index (χ3v) is 11.9. The Bertz CT molecular complexity index is 3440. The second-order valence-corrected chi connectivity index (χ2v) is 15.9. The molecule has 0 aliphatic rings. The lowest BCUT2D eigenvalue weighted by Crippen LogP contribution is -1.98. The number of aryl methyl sites for hydroxylation is 5. The third-order valence-electron chi connectivity index (χ3n) is 11.9. The molecule has 0 aliphatic carbocycles. The van der Waals surface area contributed by atoms with Crippen molar-refractivity contribution >= 4 is 54.6 Å². The predicted octanol–water partition coefficient (Wildman–Crippen LogP) is 13.7. The second kappa shape index (κ2) is 12.9. The molecule has 0 aliphatic heterocycles. The van der Waals surface area contributed by atoms with Gasteiger partial charge in [-0.3, -0.25) is 9.13 Å². The fourth-order valence-electron chi connectivity index (χ4n) is 9.47. The first-order chi connectivity index (χ1) is 28.3. The van der Waals surface area contributed by atoms with E-state index in [-0.39, 0.29) is 0 Å². The summed E-state index contributed by atoms with van der Waals surface area (Å²) in [5, 5.41) is 4.80. The highest BCUT2D eigenvalue weighted by molar-refractivity contribution is 6.13. The van der Waals surface area contributed by atoms with E-state index in [4.69, 9.17) is 9.97 Å². The number of H-pyrrole nitrogens is 1. The molecule has 11 aromatic rings. The van der Waals surface area contributed by atoms with Crippen LogP contribution in [0.1, 0.15) is 27.8 Å². The van der Waals surface area contributed by atoms with Crippen molar-refractivity contribution in [2.75, 3.05) is 0 Å². The van der Waals surface area contributed by atoms with Crippen LogP contribution >= 0.6 is 0 Å². The van der Waals surface area contributed by atoms with Gasteiger partial charge in [-0.25, -0.2) is 9.97 Å². The first-order valence-electron chi connectivity index (χ1n) is 20.0. The average molecular weight is 748 g/mol. The summed E-state index contributed by atoms with van der Waals surface area (Å²) in [6, 6.07) is 53.0. The van der Waals surface area contributed by atoms with Gasteiger partial charge < -0.3 is 4.98 Å². The fourth-order valence-corrected chi connectivity index (χ4v) is 9.47. The molecule has 5 nitrogen and oxygen atoms in total. The van der Waals surface area contributed by atoms with Crippen molar-refractivity contribution < 1.29 is 0 Å². The van der Waals surface area contributed by atoms with E-state index in [1.54, 1.807) is 0 Å². The van der Waals surface area contributed by atoms with Crippen LogP contribution in [0.25, 0.3) is 99.8 Å². The molecule has 0 amide bonds. The third kappa shape index (κ3) is 5.23. The number of aromatic nitrogens is 5. The summed E-state index contributed by atoms with van der Waals surface area (Å²) in [7, 11) is 0. The zero-order chi connectivity index (χ0) is 39.2. The molecule has 0 bridgehead atoms. The first kappa shape index (κ1) is 34.0. The van der Waals surface area contributed by atoms with E-state index in [9.17, 15) is 0 Å². The maximum absolute atomic E-state index is 5.59. The largest absolute Gasteiger partial charge is 0.354 e. The summed E-state index contributed by atoms with van der Waals surface area (Å²) in [4.78, 5) is 14.3. The lowest BCUT2D eigenvalue weighted by atomic mass is 9.93. The maximum atomic E-state index is 5.59. The predicted molar refractivity (Wildman–Crippen MR) is 243 cm³/mol. The van der Waals surface area contributed by atoms with Crippen LogP contribution in [0.15, 0.2) is 152 Å². The van der Waals surface area contributed by atoms with Gasteiger partial charge in [0, 0.05) is 50.1 Å². The number of nitrogens with one attached hydrogen (secondary N) is 1. The molecule has 0 atom stereocenters. The smallest absolute Gasteiger partial charge is 0.147 e. The van der Waals surface area contributed by atoms with Gasteiger partial charge in [0.1, 0.15) is 11.6 Å². The van der Waals surface area contributed by atoms with E-state index in [1.807, 2.05) is 6.20 Å². The summed E-state index contributed by atoms with van der Waals surface area (Å²) in [5.74, 6) is 1.81. The van der Waals surface area contributed by atoms with Crippen LogP contribution in [-0.4, -0.2) is 24.1 Å². The van der Waals surface area contributed by atoms with Gasteiger partial charge in [0.05, 0.1) is 27.6 Å². The zero-order valence-corrected chi connectivity index (χ0v) is 33.2. The summed E-state index contributed by atoms with van der Waals surface area (Å²) in [6.07, 6.45) is 1.91. The molecular formula is C53H41N5. The van der Waals surface area contributed by atoms with Crippen molar-refractivity contribution in [3.63, 3.8) is 0 Å². The van der Waals surface area contributed by atoms with Gasteiger partial charge in [-0.15, -0.1) is 0 Å².